The van der Waals surface area contributed by atoms with E-state index in [0.29, 0.717) is 23.8 Å². The fraction of sp³-hybridized carbons (Fsp3) is 0.656. The number of nitrogens with zero attached hydrogens (tertiary/aromatic N) is 5. The zero-order valence-electron chi connectivity index (χ0n) is 25.7. The number of piperidine rings is 1. The minimum Gasteiger partial charge on any atom is -0.381 e. The predicted octanol–water partition coefficient (Wildman–Crippen LogP) is 5.06. The molecule has 43 heavy (non-hydrogen) atoms. The van der Waals surface area contributed by atoms with Crippen molar-refractivity contribution in [1.29, 1.82) is 0 Å². The molecule has 2 bridgehead atoms. The van der Waals surface area contributed by atoms with Crippen LogP contribution in [0, 0.1) is 5.92 Å². The van der Waals surface area contributed by atoms with Gasteiger partial charge in [0.15, 0.2) is 5.82 Å². The zero-order valence-corrected chi connectivity index (χ0v) is 27.3. The van der Waals surface area contributed by atoms with Crippen LogP contribution in [0.2, 0.25) is 0 Å². The van der Waals surface area contributed by atoms with Gasteiger partial charge in [0.25, 0.3) is 5.91 Å². The predicted molar refractivity (Wildman–Crippen MR) is 172 cm³/mol. The van der Waals surface area contributed by atoms with Crippen LogP contribution in [0.1, 0.15) is 81.0 Å². The van der Waals surface area contributed by atoms with Crippen molar-refractivity contribution in [2.24, 2.45) is 13.0 Å². The third-order valence-corrected chi connectivity index (χ3v) is 10.0. The highest BCUT2D eigenvalue weighted by Crippen LogP contribution is 2.48. The summed E-state index contributed by atoms with van der Waals surface area (Å²) in [6, 6.07) is 11.5. The first-order valence-corrected chi connectivity index (χ1v) is 15.6. The molecule has 1 spiro atoms. The number of aromatic nitrogens is 2. The maximum Gasteiger partial charge on any atom is 0.320 e. The van der Waals surface area contributed by atoms with Gasteiger partial charge >= 0.3 is 6.03 Å². The van der Waals surface area contributed by atoms with E-state index in [-0.39, 0.29) is 54.4 Å². The number of amides is 3. The number of benzene rings is 1. The van der Waals surface area contributed by atoms with Crippen LogP contribution in [0.3, 0.4) is 0 Å². The number of hydrogen-bond acceptors (Lipinski definition) is 5. The van der Waals surface area contributed by atoms with Gasteiger partial charge in [0, 0.05) is 70.4 Å². The van der Waals surface area contributed by atoms with Crippen LogP contribution in [-0.4, -0.2) is 92.7 Å². The van der Waals surface area contributed by atoms with E-state index in [1.165, 1.54) is 12.8 Å². The smallest absolute Gasteiger partial charge is 0.320 e. The molecule has 2 aromatic rings. The number of imidazole rings is 1. The Morgan fingerprint density at radius 3 is 2.35 bits per heavy atom. The molecule has 4 aliphatic heterocycles. The van der Waals surface area contributed by atoms with Crippen molar-refractivity contribution in [3.63, 3.8) is 0 Å². The second-order valence-corrected chi connectivity index (χ2v) is 13.0. The van der Waals surface area contributed by atoms with Crippen LogP contribution in [0.5, 0.6) is 0 Å². The highest BCUT2D eigenvalue weighted by Gasteiger charge is 2.57. The SMILES string of the molecule is CC(C)N1C(=O)N(CC2CCOCC2)CC12CC1CCC(C2)N1CC[C@H](NC(=O)c1nccn1C)c1ccccc1.Cl.Cl. The molecule has 4 fully saturated rings. The van der Waals surface area contributed by atoms with Crippen LogP contribution in [-0.2, 0) is 11.8 Å². The van der Waals surface area contributed by atoms with E-state index in [2.05, 4.69) is 51.0 Å². The van der Waals surface area contributed by atoms with Crippen molar-refractivity contribution in [1.82, 2.24) is 29.6 Å². The number of carbonyl (C=O) groups is 2. The second kappa shape index (κ2) is 14.2. The molecule has 11 heteroatoms. The number of halogens is 2. The van der Waals surface area contributed by atoms with Gasteiger partial charge in [-0.05, 0) is 70.3 Å². The van der Waals surface area contributed by atoms with Gasteiger partial charge in [-0.3, -0.25) is 9.69 Å². The van der Waals surface area contributed by atoms with Crippen LogP contribution >= 0.6 is 24.8 Å². The average molecular weight is 636 g/mol. The van der Waals surface area contributed by atoms with E-state index in [0.717, 1.165) is 70.5 Å². The first-order valence-electron chi connectivity index (χ1n) is 15.6. The minimum atomic E-state index is -0.145. The molecule has 3 amide bonds. The molecule has 4 saturated heterocycles. The molecule has 4 aliphatic rings. The lowest BCUT2D eigenvalue weighted by atomic mass is 9.81. The van der Waals surface area contributed by atoms with Crippen LogP contribution in [0.25, 0.3) is 0 Å². The van der Waals surface area contributed by atoms with Gasteiger partial charge in [-0.1, -0.05) is 30.3 Å². The highest BCUT2D eigenvalue weighted by molar-refractivity contribution is 5.91. The van der Waals surface area contributed by atoms with Gasteiger partial charge in [-0.2, -0.15) is 0 Å². The molecule has 9 nitrogen and oxygen atoms in total. The maximum atomic E-state index is 13.8. The Bertz CT molecular complexity index is 1210. The van der Waals surface area contributed by atoms with Crippen LogP contribution < -0.4 is 5.32 Å². The molecule has 0 radical (unpaired) electrons. The molecular weight excluding hydrogens is 587 g/mol. The Balaban J connectivity index is 0.00000212. The normalized spacial score (nSPS) is 26.5. The lowest BCUT2D eigenvalue weighted by Gasteiger charge is -2.49. The Kier molecular flexibility index (Phi) is 11.1. The highest BCUT2D eigenvalue weighted by atomic mass is 35.5. The monoisotopic (exact) mass is 634 g/mol. The summed E-state index contributed by atoms with van der Waals surface area (Å²) in [4.78, 5) is 38.2. The van der Waals surface area contributed by atoms with Gasteiger partial charge in [-0.15, -0.1) is 24.8 Å². The Hall–Kier alpha value is -2.33. The van der Waals surface area contributed by atoms with E-state index in [1.807, 2.05) is 25.2 Å². The molecule has 0 aliphatic carbocycles. The van der Waals surface area contributed by atoms with Crippen molar-refractivity contribution < 1.29 is 14.3 Å². The van der Waals surface area contributed by atoms with Crippen molar-refractivity contribution in [2.45, 2.75) is 88.5 Å². The molecule has 0 saturated carbocycles. The zero-order chi connectivity index (χ0) is 28.6. The molecule has 1 N–H and O–H groups in total. The van der Waals surface area contributed by atoms with E-state index in [1.54, 1.807) is 17.0 Å². The van der Waals surface area contributed by atoms with Gasteiger partial charge < -0.3 is 24.4 Å². The third kappa shape index (κ3) is 6.85. The van der Waals surface area contributed by atoms with Crippen molar-refractivity contribution >= 4 is 36.8 Å². The first-order chi connectivity index (χ1) is 19.8. The van der Waals surface area contributed by atoms with E-state index in [4.69, 9.17) is 4.74 Å². The number of rotatable bonds is 9. The summed E-state index contributed by atoms with van der Waals surface area (Å²) < 4.78 is 7.34. The molecular formula is C32H48Cl2N6O3. The van der Waals surface area contributed by atoms with Crippen LogP contribution in [0.4, 0.5) is 4.79 Å². The number of hydrogen-bond donors (Lipinski definition) is 1. The number of nitrogens with one attached hydrogen (secondary N) is 1. The Morgan fingerprint density at radius 1 is 1.07 bits per heavy atom. The molecule has 5 heterocycles. The quantitative estimate of drug-likeness (QED) is 0.417. The van der Waals surface area contributed by atoms with Gasteiger partial charge in [-0.25, -0.2) is 9.78 Å². The van der Waals surface area contributed by atoms with Crippen molar-refractivity contribution in [3.8, 4) is 0 Å². The second-order valence-electron chi connectivity index (χ2n) is 13.0. The minimum absolute atomic E-state index is 0. The number of aryl methyl sites for hydroxylation is 1. The van der Waals surface area contributed by atoms with E-state index >= 15 is 0 Å². The van der Waals surface area contributed by atoms with E-state index in [9.17, 15) is 9.59 Å². The summed E-state index contributed by atoms with van der Waals surface area (Å²) in [5, 5.41) is 3.27. The summed E-state index contributed by atoms with van der Waals surface area (Å²) >= 11 is 0. The molecule has 6 rings (SSSR count). The summed E-state index contributed by atoms with van der Waals surface area (Å²) in [6.45, 7) is 8.64. The molecule has 2 unspecified atom stereocenters. The Morgan fingerprint density at radius 2 is 1.74 bits per heavy atom. The molecule has 238 valence electrons. The fourth-order valence-corrected chi connectivity index (χ4v) is 8.20. The van der Waals surface area contributed by atoms with Gasteiger partial charge in [0.05, 0.1) is 11.6 Å². The Labute approximate surface area is 268 Å². The lowest BCUT2D eigenvalue weighted by Crippen LogP contribution is -2.60. The number of urea groups is 1. The summed E-state index contributed by atoms with van der Waals surface area (Å²) in [7, 11) is 1.85. The van der Waals surface area contributed by atoms with Gasteiger partial charge in [0.2, 0.25) is 0 Å². The van der Waals surface area contributed by atoms with Crippen LogP contribution in [0.15, 0.2) is 42.7 Å². The van der Waals surface area contributed by atoms with E-state index < -0.39 is 0 Å². The third-order valence-electron chi connectivity index (χ3n) is 10.0. The average Bonchev–Trinajstić information content (AvgIpc) is 3.59. The van der Waals surface area contributed by atoms with Crippen molar-refractivity contribution in [2.75, 3.05) is 32.8 Å². The first kappa shape index (κ1) is 33.6. The number of ether oxygens (including phenoxy) is 1. The molecule has 1 aromatic heterocycles. The summed E-state index contributed by atoms with van der Waals surface area (Å²) in [5.74, 6) is 0.828. The van der Waals surface area contributed by atoms with Crippen molar-refractivity contribution in [3.05, 3.63) is 54.1 Å². The maximum absolute atomic E-state index is 13.8. The topological polar surface area (TPSA) is 82.9 Å². The number of fused-ring (bicyclic) bond motifs is 2. The summed E-state index contributed by atoms with van der Waals surface area (Å²) in [5.41, 5.74) is 1.04. The lowest BCUT2D eigenvalue weighted by molar-refractivity contribution is 0.0145. The molecule has 3 atom stereocenters. The molecule has 1 aromatic carbocycles. The largest absolute Gasteiger partial charge is 0.381 e. The number of carbonyl (C=O) groups excluding carboxylic acids is 2. The fourth-order valence-electron chi connectivity index (χ4n) is 8.20. The van der Waals surface area contributed by atoms with Gasteiger partial charge in [0.1, 0.15) is 0 Å². The summed E-state index contributed by atoms with van der Waals surface area (Å²) in [6.07, 6.45) is 10.8. The standard InChI is InChI=1S/C32H46N6O3.2ClH/c1-23(2)38-31(40)36(21-24-12-17-41-18-13-24)22-32(38)19-26-9-10-27(20-32)37(26)15-11-28(25-7-5-4-6-8-25)34-30(39)29-33-14-16-35(29)3;;/h4-8,14,16,23-24,26-28H,9-13,15,17-22H2,1-3H3,(H,34,39);2*1H/t26?,27?,28-,32?;;/m0../s1.